The molecule has 154 valence electrons. The van der Waals surface area contributed by atoms with E-state index >= 15 is 0 Å². The number of benzene rings is 1. The lowest BCUT2D eigenvalue weighted by molar-refractivity contribution is -0.140. The van der Waals surface area contributed by atoms with E-state index < -0.39 is 0 Å². The van der Waals surface area contributed by atoms with Gasteiger partial charge in [0.1, 0.15) is 0 Å². The van der Waals surface area contributed by atoms with Crippen molar-refractivity contribution < 1.29 is 9.59 Å². The van der Waals surface area contributed by atoms with Crippen molar-refractivity contribution in [1.29, 1.82) is 0 Å². The molecule has 3 fully saturated rings. The zero-order valence-corrected chi connectivity index (χ0v) is 17.6. The number of nitrogens with two attached hydrogens (primary N) is 1. The fourth-order valence-electron chi connectivity index (χ4n) is 5.18. The van der Waals surface area contributed by atoms with E-state index in [1.54, 1.807) is 24.3 Å². The van der Waals surface area contributed by atoms with Crippen LogP contribution < -0.4 is 5.73 Å². The third-order valence-electron chi connectivity index (χ3n) is 6.71. The second kappa shape index (κ2) is 9.02. The lowest BCUT2D eigenvalue weighted by Crippen LogP contribution is -2.54. The van der Waals surface area contributed by atoms with E-state index in [4.69, 9.17) is 17.3 Å². The van der Waals surface area contributed by atoms with Crippen LogP contribution in [0.4, 0.5) is 0 Å². The minimum Gasteiger partial charge on any atom is -0.339 e. The average Bonchev–Trinajstić information content (AvgIpc) is 2.67. The predicted molar refractivity (Wildman–Crippen MR) is 113 cm³/mol. The second-order valence-corrected chi connectivity index (χ2v) is 8.76. The third kappa shape index (κ3) is 4.32. The molecule has 1 aliphatic heterocycles. The number of amides is 2. The first-order valence-corrected chi connectivity index (χ1v) is 10.5. The number of carbonyl (C=O) groups excluding carboxylic acids is 2. The van der Waals surface area contributed by atoms with Gasteiger partial charge in [-0.1, -0.05) is 24.1 Å². The zero-order chi connectivity index (χ0) is 19.0. The Labute approximate surface area is 178 Å². The van der Waals surface area contributed by atoms with E-state index in [-0.39, 0.29) is 36.2 Å². The quantitative estimate of drug-likeness (QED) is 0.790. The highest BCUT2D eigenvalue weighted by atomic mass is 35.5. The van der Waals surface area contributed by atoms with Crippen LogP contribution in [0.2, 0.25) is 5.02 Å². The fraction of sp³-hybridized carbons (Fsp3) is 0.619. The monoisotopic (exact) mass is 425 g/mol. The van der Waals surface area contributed by atoms with Gasteiger partial charge in [0.15, 0.2) is 0 Å². The van der Waals surface area contributed by atoms with Crippen molar-refractivity contribution >= 4 is 35.8 Å². The number of hydrogen-bond acceptors (Lipinski definition) is 3. The molecule has 1 aromatic rings. The minimum atomic E-state index is -0.0113. The summed E-state index contributed by atoms with van der Waals surface area (Å²) in [6, 6.07) is 7.33. The van der Waals surface area contributed by atoms with Gasteiger partial charge in [-0.2, -0.15) is 0 Å². The van der Waals surface area contributed by atoms with E-state index in [9.17, 15) is 9.59 Å². The smallest absolute Gasteiger partial charge is 0.254 e. The summed E-state index contributed by atoms with van der Waals surface area (Å²) >= 11 is 6.00. The van der Waals surface area contributed by atoms with Gasteiger partial charge in [0.25, 0.3) is 5.91 Å². The maximum atomic E-state index is 13.0. The lowest BCUT2D eigenvalue weighted by atomic mass is 9.65. The average molecular weight is 426 g/mol. The number of nitrogens with zero attached hydrogens (tertiary/aromatic N) is 2. The highest BCUT2D eigenvalue weighted by Gasteiger charge is 2.42. The summed E-state index contributed by atoms with van der Waals surface area (Å²) in [6.45, 7) is 2.39. The first-order chi connectivity index (χ1) is 13.0. The van der Waals surface area contributed by atoms with Crippen LogP contribution in [0.3, 0.4) is 0 Å². The summed E-state index contributed by atoms with van der Waals surface area (Å²) in [4.78, 5) is 29.5. The molecule has 2 saturated carbocycles. The van der Waals surface area contributed by atoms with Crippen LogP contribution in [0.1, 0.15) is 42.5 Å². The summed E-state index contributed by atoms with van der Waals surface area (Å²) < 4.78 is 0. The lowest BCUT2D eigenvalue weighted by Gasteiger charge is -2.45. The molecule has 0 spiro atoms. The number of halogens is 2. The summed E-state index contributed by atoms with van der Waals surface area (Å²) in [7, 11) is 0. The largest absolute Gasteiger partial charge is 0.339 e. The van der Waals surface area contributed by atoms with Gasteiger partial charge < -0.3 is 15.5 Å². The Morgan fingerprint density at radius 1 is 1.00 bits per heavy atom. The van der Waals surface area contributed by atoms with Gasteiger partial charge in [-0.15, -0.1) is 12.4 Å². The van der Waals surface area contributed by atoms with Crippen molar-refractivity contribution in [2.45, 2.75) is 38.1 Å². The molecule has 2 N–H and O–H groups in total. The Bertz CT molecular complexity index is 707. The molecule has 2 amide bonds. The second-order valence-electron chi connectivity index (χ2n) is 8.32. The molecule has 1 heterocycles. The van der Waals surface area contributed by atoms with Crippen molar-refractivity contribution in [2.75, 3.05) is 26.2 Å². The highest BCUT2D eigenvalue weighted by Crippen LogP contribution is 2.42. The highest BCUT2D eigenvalue weighted by molar-refractivity contribution is 6.30. The van der Waals surface area contributed by atoms with Crippen molar-refractivity contribution in [3.63, 3.8) is 0 Å². The van der Waals surface area contributed by atoms with E-state index in [0.29, 0.717) is 48.6 Å². The van der Waals surface area contributed by atoms with Gasteiger partial charge in [0.2, 0.25) is 5.91 Å². The molecule has 3 aliphatic rings. The number of fused-ring (bicyclic) bond motifs is 2. The van der Waals surface area contributed by atoms with E-state index in [2.05, 4.69) is 0 Å². The van der Waals surface area contributed by atoms with E-state index in [0.717, 1.165) is 12.8 Å². The Morgan fingerprint density at radius 3 is 2.21 bits per heavy atom. The zero-order valence-electron chi connectivity index (χ0n) is 16.1. The van der Waals surface area contributed by atoms with Crippen LogP contribution >= 0.6 is 24.0 Å². The Hall–Kier alpha value is -1.30. The SMILES string of the molecule is Cl.NC1C2CCCC1CC(C(=O)N1CCN(C(=O)c3cccc(Cl)c3)CC1)C2. The molecule has 2 unspecified atom stereocenters. The molecule has 2 atom stereocenters. The minimum absolute atomic E-state index is 0. The first kappa shape index (κ1) is 21.4. The first-order valence-electron chi connectivity index (χ1n) is 10.1. The van der Waals surface area contributed by atoms with Crippen molar-refractivity contribution in [3.8, 4) is 0 Å². The molecular formula is C21H29Cl2N3O2. The Kier molecular flexibility index (Phi) is 6.89. The maximum absolute atomic E-state index is 13.0. The van der Waals surface area contributed by atoms with Gasteiger partial charge in [0, 0.05) is 48.7 Å². The normalized spacial score (nSPS) is 29.8. The topological polar surface area (TPSA) is 66.6 Å². The summed E-state index contributed by atoms with van der Waals surface area (Å²) in [5.74, 6) is 1.40. The molecular weight excluding hydrogens is 397 g/mol. The van der Waals surface area contributed by atoms with Gasteiger partial charge in [0.05, 0.1) is 0 Å². The molecule has 1 aromatic carbocycles. The molecule has 0 aromatic heterocycles. The maximum Gasteiger partial charge on any atom is 0.254 e. The van der Waals surface area contributed by atoms with Crippen molar-refractivity contribution in [1.82, 2.24) is 9.80 Å². The van der Waals surface area contributed by atoms with E-state index in [1.807, 2.05) is 9.80 Å². The predicted octanol–water partition coefficient (Wildman–Crippen LogP) is 3.20. The molecule has 2 aliphatic carbocycles. The van der Waals surface area contributed by atoms with Crippen LogP contribution in [-0.4, -0.2) is 53.8 Å². The molecule has 0 radical (unpaired) electrons. The fourth-order valence-corrected chi connectivity index (χ4v) is 5.37. The Balaban J connectivity index is 0.00000225. The van der Waals surface area contributed by atoms with Gasteiger partial charge in [-0.3, -0.25) is 9.59 Å². The van der Waals surface area contributed by atoms with Gasteiger partial charge >= 0.3 is 0 Å². The molecule has 1 saturated heterocycles. The van der Waals surface area contributed by atoms with Crippen LogP contribution in [0, 0.1) is 17.8 Å². The summed E-state index contributed by atoms with van der Waals surface area (Å²) in [5, 5.41) is 0.565. The number of piperazine rings is 1. The van der Waals surface area contributed by atoms with Crippen LogP contribution in [0.15, 0.2) is 24.3 Å². The van der Waals surface area contributed by atoms with Crippen LogP contribution in [0.25, 0.3) is 0 Å². The van der Waals surface area contributed by atoms with Crippen molar-refractivity contribution in [2.24, 2.45) is 23.5 Å². The molecule has 7 heteroatoms. The van der Waals surface area contributed by atoms with Gasteiger partial charge in [-0.05, 0) is 55.7 Å². The summed E-state index contributed by atoms with van der Waals surface area (Å²) in [6.07, 6.45) is 5.48. The number of carbonyl (C=O) groups is 2. The molecule has 4 rings (SSSR count). The number of hydrogen-bond donors (Lipinski definition) is 1. The number of rotatable bonds is 2. The third-order valence-corrected chi connectivity index (χ3v) is 6.95. The Morgan fingerprint density at radius 2 is 1.61 bits per heavy atom. The molecule has 28 heavy (non-hydrogen) atoms. The van der Waals surface area contributed by atoms with Crippen molar-refractivity contribution in [3.05, 3.63) is 34.9 Å². The molecule has 5 nitrogen and oxygen atoms in total. The standard InChI is InChI=1S/C21H28ClN3O2.ClH/c22-18-6-2-5-16(13-18)20(26)24-7-9-25(10-8-24)21(27)17-11-14-3-1-4-15(12-17)19(14)23;/h2,5-6,13-15,17,19H,1,3-4,7-12,23H2;1H. The van der Waals surface area contributed by atoms with Crippen LogP contribution in [-0.2, 0) is 4.79 Å². The van der Waals surface area contributed by atoms with Crippen LogP contribution in [0.5, 0.6) is 0 Å². The van der Waals surface area contributed by atoms with E-state index in [1.165, 1.54) is 19.3 Å². The van der Waals surface area contributed by atoms with Gasteiger partial charge in [-0.25, -0.2) is 0 Å². The summed E-state index contributed by atoms with van der Waals surface area (Å²) in [5.41, 5.74) is 6.97. The molecule has 2 bridgehead atoms.